The lowest BCUT2D eigenvalue weighted by atomic mass is 10.1. The van der Waals surface area contributed by atoms with Crippen LogP contribution in [0.1, 0.15) is 22.3 Å². The number of anilines is 1. The summed E-state index contributed by atoms with van der Waals surface area (Å²) in [5.74, 6) is -0.223. The van der Waals surface area contributed by atoms with E-state index in [1.807, 2.05) is 18.2 Å². The largest absolute Gasteiger partial charge is 0.349 e. The number of carbonyl (C=O) groups excluding carboxylic acids is 2. The molecule has 0 fully saturated rings. The predicted octanol–water partition coefficient (Wildman–Crippen LogP) is 4.27. The predicted molar refractivity (Wildman–Crippen MR) is 97.9 cm³/mol. The Morgan fingerprint density at radius 3 is 2.33 bits per heavy atom. The molecule has 2 aromatic carbocycles. The zero-order chi connectivity index (χ0) is 17.7. The first-order valence-corrected chi connectivity index (χ1v) is 8.17. The average Bonchev–Trinajstić information content (AvgIpc) is 2.51. The van der Waals surface area contributed by atoms with Gasteiger partial charge in [-0.25, -0.2) is 0 Å². The van der Waals surface area contributed by atoms with E-state index >= 15 is 0 Å². The van der Waals surface area contributed by atoms with Crippen LogP contribution in [0.4, 0.5) is 5.69 Å². The number of nitrogens with zero attached hydrogens (tertiary/aromatic N) is 1. The molecule has 0 saturated heterocycles. The van der Waals surface area contributed by atoms with Gasteiger partial charge in [0.25, 0.3) is 5.91 Å². The van der Waals surface area contributed by atoms with Crippen LogP contribution in [-0.2, 0) is 11.2 Å². The first-order valence-electron chi connectivity index (χ1n) is 7.41. The molecule has 2 aromatic rings. The van der Waals surface area contributed by atoms with Crippen molar-refractivity contribution in [2.24, 2.45) is 0 Å². The van der Waals surface area contributed by atoms with Gasteiger partial charge in [0.15, 0.2) is 0 Å². The molecule has 0 atom stereocenters. The summed E-state index contributed by atoms with van der Waals surface area (Å²) in [5, 5.41) is 3.62. The summed E-state index contributed by atoms with van der Waals surface area (Å²) in [7, 11) is 3.46. The van der Waals surface area contributed by atoms with Gasteiger partial charge in [-0.05, 0) is 42.3 Å². The zero-order valence-corrected chi connectivity index (χ0v) is 15.0. The second kappa shape index (κ2) is 8.18. The summed E-state index contributed by atoms with van der Waals surface area (Å²) in [6, 6.07) is 12.1. The van der Waals surface area contributed by atoms with Gasteiger partial charge in [-0.3, -0.25) is 9.59 Å². The van der Waals surface area contributed by atoms with Gasteiger partial charge < -0.3 is 10.2 Å². The molecule has 2 rings (SSSR count). The number of amides is 2. The Morgan fingerprint density at radius 2 is 1.71 bits per heavy atom. The van der Waals surface area contributed by atoms with Crippen LogP contribution in [0.3, 0.4) is 0 Å². The molecular formula is C18H18Cl2N2O2. The van der Waals surface area contributed by atoms with Crippen molar-refractivity contribution in [3.63, 3.8) is 0 Å². The summed E-state index contributed by atoms with van der Waals surface area (Å²) in [4.78, 5) is 25.5. The molecule has 0 heterocycles. The zero-order valence-electron chi connectivity index (χ0n) is 13.5. The second-order valence-corrected chi connectivity index (χ2v) is 6.47. The molecule has 126 valence electrons. The molecule has 0 saturated carbocycles. The first-order chi connectivity index (χ1) is 11.3. The molecule has 0 aliphatic rings. The number of aryl methyl sites for hydroxylation is 1. The highest BCUT2D eigenvalue weighted by Gasteiger charge is 2.09. The van der Waals surface area contributed by atoms with Crippen molar-refractivity contribution in [2.75, 3.05) is 19.4 Å². The maximum Gasteiger partial charge on any atom is 0.255 e. The van der Waals surface area contributed by atoms with Gasteiger partial charge in [0.05, 0.1) is 0 Å². The van der Waals surface area contributed by atoms with E-state index in [0.717, 1.165) is 5.56 Å². The lowest BCUT2D eigenvalue weighted by Crippen LogP contribution is -2.21. The number of hydrogen-bond donors (Lipinski definition) is 1. The van der Waals surface area contributed by atoms with Gasteiger partial charge in [-0.15, -0.1) is 0 Å². The maximum absolute atomic E-state index is 12.3. The number of nitrogens with one attached hydrogen (secondary N) is 1. The number of rotatable bonds is 5. The van der Waals surface area contributed by atoms with E-state index in [1.165, 1.54) is 0 Å². The summed E-state index contributed by atoms with van der Waals surface area (Å²) >= 11 is 11.8. The van der Waals surface area contributed by atoms with Crippen LogP contribution >= 0.6 is 23.2 Å². The highest BCUT2D eigenvalue weighted by atomic mass is 35.5. The van der Waals surface area contributed by atoms with Crippen LogP contribution in [0, 0.1) is 0 Å². The summed E-state index contributed by atoms with van der Waals surface area (Å²) < 4.78 is 0. The molecule has 0 aliphatic carbocycles. The smallest absolute Gasteiger partial charge is 0.255 e. The highest BCUT2D eigenvalue weighted by molar-refractivity contribution is 6.35. The monoisotopic (exact) mass is 364 g/mol. The van der Waals surface area contributed by atoms with Crippen molar-refractivity contribution in [1.82, 2.24) is 4.90 Å². The van der Waals surface area contributed by atoms with Crippen molar-refractivity contribution >= 4 is 40.7 Å². The highest BCUT2D eigenvalue weighted by Crippen LogP contribution is 2.20. The fourth-order valence-electron chi connectivity index (χ4n) is 2.17. The molecule has 0 aliphatic heterocycles. The van der Waals surface area contributed by atoms with E-state index in [0.29, 0.717) is 34.1 Å². The number of carbonyl (C=O) groups is 2. The first kappa shape index (κ1) is 18.3. The van der Waals surface area contributed by atoms with Gasteiger partial charge in [0.1, 0.15) is 0 Å². The molecule has 0 radical (unpaired) electrons. The maximum atomic E-state index is 12.3. The Hall–Kier alpha value is -2.04. The third kappa shape index (κ3) is 5.25. The summed E-state index contributed by atoms with van der Waals surface area (Å²) in [5.41, 5.74) is 2.03. The van der Waals surface area contributed by atoms with E-state index < -0.39 is 0 Å². The van der Waals surface area contributed by atoms with E-state index in [-0.39, 0.29) is 11.8 Å². The van der Waals surface area contributed by atoms with Gasteiger partial charge in [-0.1, -0.05) is 35.3 Å². The van der Waals surface area contributed by atoms with E-state index in [9.17, 15) is 9.59 Å². The fraction of sp³-hybridized carbons (Fsp3) is 0.222. The molecule has 0 aromatic heterocycles. The fourth-order valence-corrected chi connectivity index (χ4v) is 2.69. The summed E-state index contributed by atoms with van der Waals surface area (Å²) in [6.07, 6.45) is 1.04. The summed E-state index contributed by atoms with van der Waals surface area (Å²) in [6.45, 7) is 0. The van der Waals surface area contributed by atoms with Crippen molar-refractivity contribution in [1.29, 1.82) is 0 Å². The minimum Gasteiger partial charge on any atom is -0.349 e. The van der Waals surface area contributed by atoms with Crippen LogP contribution < -0.4 is 5.32 Å². The minimum atomic E-state index is -0.291. The molecule has 1 N–H and O–H groups in total. The average molecular weight is 365 g/mol. The Kier molecular flexibility index (Phi) is 6.23. The molecule has 24 heavy (non-hydrogen) atoms. The van der Waals surface area contributed by atoms with Crippen LogP contribution in [-0.4, -0.2) is 30.8 Å². The Labute approximate surface area is 151 Å². The van der Waals surface area contributed by atoms with Crippen LogP contribution in [0.2, 0.25) is 10.0 Å². The van der Waals surface area contributed by atoms with Crippen molar-refractivity contribution in [2.45, 2.75) is 12.8 Å². The van der Waals surface area contributed by atoms with Crippen molar-refractivity contribution < 1.29 is 9.59 Å². The van der Waals surface area contributed by atoms with Crippen molar-refractivity contribution in [3.05, 3.63) is 63.6 Å². The Bertz CT molecular complexity index is 740. The minimum absolute atomic E-state index is 0.0676. The standard InChI is InChI=1S/C18H18Cl2N2O2/c1-22(2)17(23)7-6-12-4-3-5-16(8-12)21-18(24)13-9-14(19)11-15(20)10-13/h3-5,8-11H,6-7H2,1-2H3,(H,21,24). The van der Waals surface area contributed by atoms with Gasteiger partial charge in [-0.2, -0.15) is 0 Å². The topological polar surface area (TPSA) is 49.4 Å². The lowest BCUT2D eigenvalue weighted by Gasteiger charge is -2.11. The number of hydrogen-bond acceptors (Lipinski definition) is 2. The number of halogens is 2. The SMILES string of the molecule is CN(C)C(=O)CCc1cccc(NC(=O)c2cc(Cl)cc(Cl)c2)c1. The van der Waals surface area contributed by atoms with E-state index in [1.54, 1.807) is 43.3 Å². The molecule has 0 bridgehead atoms. The molecule has 2 amide bonds. The van der Waals surface area contributed by atoms with Crippen LogP contribution in [0.5, 0.6) is 0 Å². The van der Waals surface area contributed by atoms with Crippen LogP contribution in [0.25, 0.3) is 0 Å². The molecule has 0 spiro atoms. The third-order valence-electron chi connectivity index (χ3n) is 3.44. The normalized spacial score (nSPS) is 10.3. The second-order valence-electron chi connectivity index (χ2n) is 5.60. The number of benzene rings is 2. The Morgan fingerprint density at radius 1 is 1.04 bits per heavy atom. The van der Waals surface area contributed by atoms with Crippen molar-refractivity contribution in [3.8, 4) is 0 Å². The lowest BCUT2D eigenvalue weighted by molar-refractivity contribution is -0.128. The van der Waals surface area contributed by atoms with E-state index in [4.69, 9.17) is 23.2 Å². The van der Waals surface area contributed by atoms with E-state index in [2.05, 4.69) is 5.32 Å². The Balaban J connectivity index is 2.06. The molecule has 0 unspecified atom stereocenters. The van der Waals surface area contributed by atoms with Gasteiger partial charge in [0, 0.05) is 41.8 Å². The molecule has 4 nitrogen and oxygen atoms in total. The van der Waals surface area contributed by atoms with Crippen LogP contribution in [0.15, 0.2) is 42.5 Å². The van der Waals surface area contributed by atoms with Gasteiger partial charge in [0.2, 0.25) is 5.91 Å². The third-order valence-corrected chi connectivity index (χ3v) is 3.87. The quantitative estimate of drug-likeness (QED) is 0.861. The molecular weight excluding hydrogens is 347 g/mol. The van der Waals surface area contributed by atoms with Gasteiger partial charge >= 0.3 is 0 Å². The molecule has 6 heteroatoms.